The Labute approximate surface area is 159 Å². The van der Waals surface area contributed by atoms with Crippen LogP contribution >= 0.6 is 23.2 Å². The number of alkyl halides is 1. The summed E-state index contributed by atoms with van der Waals surface area (Å²) in [6.45, 7) is 0. The molecule has 132 valence electrons. The molecule has 26 heavy (non-hydrogen) atoms. The van der Waals surface area contributed by atoms with Gasteiger partial charge in [-0.3, -0.25) is 9.36 Å². The minimum absolute atomic E-state index is 0.00615. The van der Waals surface area contributed by atoms with Crippen LogP contribution in [0.4, 0.5) is 0 Å². The SMILES string of the molecule is Cn1c(C(O)CCl)nc2c(=O)n(-c3ccccc3)c3cc(Cl)ccc3c21. The fourth-order valence-corrected chi connectivity index (χ4v) is 3.58. The summed E-state index contributed by atoms with van der Waals surface area (Å²) >= 11 is 12.0. The third-order valence-corrected chi connectivity index (χ3v) is 4.98. The first-order valence-corrected chi connectivity index (χ1v) is 8.94. The molecule has 1 unspecified atom stereocenters. The molecular formula is C19H15Cl2N3O2. The van der Waals surface area contributed by atoms with E-state index < -0.39 is 6.10 Å². The molecule has 0 saturated carbocycles. The monoisotopic (exact) mass is 387 g/mol. The van der Waals surface area contributed by atoms with Crippen molar-refractivity contribution >= 4 is 45.1 Å². The third kappa shape index (κ3) is 2.51. The van der Waals surface area contributed by atoms with Crippen LogP contribution in [0, 0.1) is 0 Å². The molecule has 0 saturated heterocycles. The number of benzene rings is 2. The van der Waals surface area contributed by atoms with Gasteiger partial charge in [0.1, 0.15) is 11.9 Å². The summed E-state index contributed by atoms with van der Waals surface area (Å²) in [6.07, 6.45) is -0.957. The van der Waals surface area contributed by atoms with Crippen LogP contribution < -0.4 is 5.56 Å². The van der Waals surface area contributed by atoms with Gasteiger partial charge in [-0.15, -0.1) is 11.6 Å². The van der Waals surface area contributed by atoms with Gasteiger partial charge in [-0.2, -0.15) is 0 Å². The van der Waals surface area contributed by atoms with Gasteiger partial charge in [-0.1, -0.05) is 29.8 Å². The highest BCUT2D eigenvalue weighted by atomic mass is 35.5. The second kappa shape index (κ2) is 6.43. The molecular weight excluding hydrogens is 373 g/mol. The van der Waals surface area contributed by atoms with E-state index in [1.807, 2.05) is 36.4 Å². The predicted octanol–water partition coefficient (Wildman–Crippen LogP) is 3.80. The minimum Gasteiger partial charge on any atom is -0.384 e. The Morgan fingerprint density at radius 2 is 1.92 bits per heavy atom. The number of hydrogen-bond donors (Lipinski definition) is 1. The van der Waals surface area contributed by atoms with Gasteiger partial charge in [0.05, 0.1) is 16.9 Å². The van der Waals surface area contributed by atoms with E-state index in [1.54, 1.807) is 28.3 Å². The minimum atomic E-state index is -0.957. The summed E-state index contributed by atoms with van der Waals surface area (Å²) in [5, 5.41) is 11.5. The molecule has 7 heteroatoms. The van der Waals surface area contributed by atoms with Crippen molar-refractivity contribution < 1.29 is 5.11 Å². The average Bonchev–Trinajstić information content (AvgIpc) is 3.00. The van der Waals surface area contributed by atoms with Crippen LogP contribution in [-0.2, 0) is 7.05 Å². The maximum absolute atomic E-state index is 13.3. The number of halogens is 2. The van der Waals surface area contributed by atoms with E-state index >= 15 is 0 Å². The highest BCUT2D eigenvalue weighted by Crippen LogP contribution is 2.29. The lowest BCUT2D eigenvalue weighted by Gasteiger charge is -2.12. The first kappa shape index (κ1) is 17.1. The van der Waals surface area contributed by atoms with Crippen LogP contribution in [-0.4, -0.2) is 25.1 Å². The van der Waals surface area contributed by atoms with E-state index in [0.717, 1.165) is 11.1 Å². The van der Waals surface area contributed by atoms with E-state index in [9.17, 15) is 9.90 Å². The Hall–Kier alpha value is -2.34. The molecule has 0 aliphatic rings. The summed E-state index contributed by atoms with van der Waals surface area (Å²) < 4.78 is 3.31. The van der Waals surface area contributed by atoms with E-state index in [4.69, 9.17) is 23.2 Å². The molecule has 0 spiro atoms. The van der Waals surface area contributed by atoms with Crippen molar-refractivity contribution in [3.05, 3.63) is 69.7 Å². The Kier molecular flexibility index (Phi) is 4.23. The Morgan fingerprint density at radius 3 is 2.62 bits per heavy atom. The Bertz CT molecular complexity index is 1180. The lowest BCUT2D eigenvalue weighted by Crippen LogP contribution is -2.19. The van der Waals surface area contributed by atoms with Gasteiger partial charge in [-0.05, 0) is 30.3 Å². The molecule has 0 aliphatic carbocycles. The van der Waals surface area contributed by atoms with Gasteiger partial charge in [0.2, 0.25) is 0 Å². The van der Waals surface area contributed by atoms with E-state index in [-0.39, 0.29) is 17.0 Å². The van der Waals surface area contributed by atoms with Crippen molar-refractivity contribution in [3.63, 3.8) is 0 Å². The van der Waals surface area contributed by atoms with Gasteiger partial charge in [0.15, 0.2) is 5.52 Å². The van der Waals surface area contributed by atoms with Crippen LogP contribution in [0.1, 0.15) is 11.9 Å². The number of rotatable bonds is 3. The van der Waals surface area contributed by atoms with Crippen LogP contribution in [0.2, 0.25) is 5.02 Å². The van der Waals surface area contributed by atoms with Crippen molar-refractivity contribution in [2.75, 3.05) is 5.88 Å². The molecule has 2 heterocycles. The van der Waals surface area contributed by atoms with Crippen LogP contribution in [0.25, 0.3) is 27.6 Å². The number of aliphatic hydroxyl groups excluding tert-OH is 1. The molecule has 4 rings (SSSR count). The Morgan fingerprint density at radius 1 is 1.19 bits per heavy atom. The molecule has 2 aromatic heterocycles. The van der Waals surface area contributed by atoms with Crippen molar-refractivity contribution in [3.8, 4) is 5.69 Å². The first-order valence-electron chi connectivity index (χ1n) is 8.03. The number of aromatic nitrogens is 3. The predicted molar refractivity (Wildman–Crippen MR) is 105 cm³/mol. The fraction of sp³-hybridized carbons (Fsp3) is 0.158. The molecule has 1 N–H and O–H groups in total. The summed E-state index contributed by atoms with van der Waals surface area (Å²) in [5.74, 6) is 0.350. The number of hydrogen-bond acceptors (Lipinski definition) is 3. The molecule has 0 amide bonds. The normalized spacial score (nSPS) is 12.8. The number of fused-ring (bicyclic) bond motifs is 3. The topological polar surface area (TPSA) is 60.0 Å². The van der Waals surface area contributed by atoms with E-state index in [1.165, 1.54) is 0 Å². The highest BCUT2D eigenvalue weighted by Gasteiger charge is 2.22. The Balaban J connectivity index is 2.22. The number of nitrogens with zero attached hydrogens (tertiary/aromatic N) is 3. The highest BCUT2D eigenvalue weighted by molar-refractivity contribution is 6.31. The lowest BCUT2D eigenvalue weighted by atomic mass is 10.1. The molecule has 0 aliphatic heterocycles. The van der Waals surface area contributed by atoms with Crippen molar-refractivity contribution in [2.24, 2.45) is 7.05 Å². The smallest absolute Gasteiger partial charge is 0.283 e. The zero-order chi connectivity index (χ0) is 18.4. The number of pyridine rings is 1. The van der Waals surface area contributed by atoms with Crippen molar-refractivity contribution in [1.82, 2.24) is 14.1 Å². The largest absolute Gasteiger partial charge is 0.384 e. The number of imidazole rings is 1. The number of aryl methyl sites for hydroxylation is 1. The summed E-state index contributed by atoms with van der Waals surface area (Å²) in [7, 11) is 1.76. The maximum Gasteiger partial charge on any atom is 0.283 e. The zero-order valence-electron chi connectivity index (χ0n) is 13.9. The average molecular weight is 388 g/mol. The maximum atomic E-state index is 13.3. The summed E-state index contributed by atoms with van der Waals surface area (Å²) in [5.41, 5.74) is 2.05. The third-order valence-electron chi connectivity index (χ3n) is 4.45. The molecule has 5 nitrogen and oxygen atoms in total. The van der Waals surface area contributed by atoms with Gasteiger partial charge < -0.3 is 9.67 Å². The lowest BCUT2D eigenvalue weighted by molar-refractivity contribution is 0.189. The van der Waals surface area contributed by atoms with Gasteiger partial charge in [0.25, 0.3) is 5.56 Å². The second-order valence-electron chi connectivity index (χ2n) is 6.03. The van der Waals surface area contributed by atoms with E-state index in [2.05, 4.69) is 4.98 Å². The molecule has 4 aromatic rings. The molecule has 1 atom stereocenters. The molecule has 0 radical (unpaired) electrons. The molecule has 0 bridgehead atoms. The first-order chi connectivity index (χ1) is 12.5. The number of aliphatic hydroxyl groups is 1. The second-order valence-corrected chi connectivity index (χ2v) is 6.78. The standard InChI is InChI=1S/C19H15Cl2N3O2/c1-23-17-13-8-7-11(21)9-14(13)24(12-5-3-2-4-6-12)19(26)16(17)22-18(23)15(25)10-20/h2-9,15,25H,10H2,1H3. The van der Waals surface area contributed by atoms with Gasteiger partial charge in [-0.25, -0.2) is 4.98 Å². The quantitative estimate of drug-likeness (QED) is 0.543. The van der Waals surface area contributed by atoms with Gasteiger partial charge >= 0.3 is 0 Å². The summed E-state index contributed by atoms with van der Waals surface area (Å²) in [6, 6.07) is 14.7. The summed E-state index contributed by atoms with van der Waals surface area (Å²) in [4.78, 5) is 17.7. The zero-order valence-corrected chi connectivity index (χ0v) is 15.4. The van der Waals surface area contributed by atoms with Crippen LogP contribution in [0.3, 0.4) is 0 Å². The van der Waals surface area contributed by atoms with Crippen LogP contribution in [0.5, 0.6) is 0 Å². The van der Waals surface area contributed by atoms with Crippen molar-refractivity contribution in [2.45, 2.75) is 6.10 Å². The van der Waals surface area contributed by atoms with Crippen LogP contribution in [0.15, 0.2) is 53.3 Å². The van der Waals surface area contributed by atoms with Gasteiger partial charge in [0, 0.05) is 23.1 Å². The molecule has 0 fully saturated rings. The number of para-hydroxylation sites is 1. The fourth-order valence-electron chi connectivity index (χ4n) is 3.28. The van der Waals surface area contributed by atoms with Crippen molar-refractivity contribution in [1.29, 1.82) is 0 Å². The van der Waals surface area contributed by atoms with E-state index in [0.29, 0.717) is 21.9 Å². The molecule has 2 aromatic carbocycles.